The van der Waals surface area contributed by atoms with E-state index in [9.17, 15) is 0 Å². The maximum absolute atomic E-state index is 5.49. The first kappa shape index (κ1) is 21.1. The van der Waals surface area contributed by atoms with Crippen molar-refractivity contribution in [2.45, 2.75) is 76.7 Å². The predicted octanol–water partition coefficient (Wildman–Crippen LogP) is 6.53. The van der Waals surface area contributed by atoms with E-state index in [0.717, 1.165) is 23.5 Å². The predicted molar refractivity (Wildman–Crippen MR) is 129 cm³/mol. The molecule has 0 bridgehead atoms. The lowest BCUT2D eigenvalue weighted by Crippen LogP contribution is -2.48. The molecular weight excluding hydrogens is 378 g/mol. The van der Waals surface area contributed by atoms with Crippen LogP contribution in [0.5, 0.6) is 5.75 Å². The number of hydrogen-bond donors (Lipinski definition) is 1. The van der Waals surface area contributed by atoms with Gasteiger partial charge in [0, 0.05) is 6.04 Å². The lowest BCUT2D eigenvalue weighted by Gasteiger charge is -2.51. The summed E-state index contributed by atoms with van der Waals surface area (Å²) in [6.07, 6.45) is 11.9. The van der Waals surface area contributed by atoms with Gasteiger partial charge in [0.05, 0.1) is 7.11 Å². The summed E-state index contributed by atoms with van der Waals surface area (Å²) in [4.78, 5) is 0. The Hall–Kier alpha value is -1.80. The van der Waals surface area contributed by atoms with Crippen LogP contribution < -0.4 is 10.1 Å². The first-order valence-electron chi connectivity index (χ1n) is 12.6. The third-order valence-corrected chi connectivity index (χ3v) is 9.06. The highest BCUT2D eigenvalue weighted by Crippen LogP contribution is 2.60. The zero-order valence-electron chi connectivity index (χ0n) is 19.4. The topological polar surface area (TPSA) is 21.3 Å². The molecule has 2 saturated carbocycles. The summed E-state index contributed by atoms with van der Waals surface area (Å²) in [5.74, 6) is 3.57. The number of methoxy groups -OCH3 is 1. The van der Waals surface area contributed by atoms with Gasteiger partial charge in [-0.25, -0.2) is 0 Å². The third kappa shape index (κ3) is 4.04. The molecule has 2 fully saturated rings. The van der Waals surface area contributed by atoms with E-state index in [4.69, 9.17) is 4.74 Å². The van der Waals surface area contributed by atoms with Gasteiger partial charge in [0.1, 0.15) is 5.75 Å². The number of unbranched alkanes of at least 4 members (excludes halogenated alkanes) is 1. The van der Waals surface area contributed by atoms with Gasteiger partial charge in [0.2, 0.25) is 0 Å². The number of rotatable bonds is 7. The van der Waals surface area contributed by atoms with E-state index in [2.05, 4.69) is 60.8 Å². The average molecular weight is 418 g/mol. The van der Waals surface area contributed by atoms with Crippen LogP contribution >= 0.6 is 0 Å². The molecule has 166 valence electrons. The molecule has 2 aromatic carbocycles. The maximum Gasteiger partial charge on any atom is 0.119 e. The van der Waals surface area contributed by atoms with Crippen LogP contribution in [0, 0.1) is 17.3 Å². The zero-order chi connectivity index (χ0) is 21.3. The molecule has 0 unspecified atom stereocenters. The molecule has 0 spiro atoms. The van der Waals surface area contributed by atoms with Gasteiger partial charge in [-0.05, 0) is 116 Å². The van der Waals surface area contributed by atoms with E-state index in [1.807, 2.05) is 0 Å². The van der Waals surface area contributed by atoms with Gasteiger partial charge in [-0.15, -0.1) is 0 Å². The van der Waals surface area contributed by atoms with E-state index < -0.39 is 0 Å². The fourth-order valence-electron chi connectivity index (χ4n) is 7.40. The van der Waals surface area contributed by atoms with Gasteiger partial charge in [-0.2, -0.15) is 0 Å². The largest absolute Gasteiger partial charge is 0.497 e. The maximum atomic E-state index is 5.49. The molecule has 31 heavy (non-hydrogen) atoms. The molecule has 0 aromatic heterocycles. The SMILES string of the molecule is COc1ccc2c(c1)CC[C@@H]1[C@@H]2CC[C@]2(C)[C@@H](NCCCCc3ccccc3)CC[C@@H]12. The molecule has 0 saturated heterocycles. The molecule has 3 aliphatic rings. The molecule has 2 aromatic rings. The Labute approximate surface area is 188 Å². The quantitative estimate of drug-likeness (QED) is 0.517. The van der Waals surface area contributed by atoms with Crippen LogP contribution in [0.25, 0.3) is 0 Å². The summed E-state index contributed by atoms with van der Waals surface area (Å²) >= 11 is 0. The number of hydrogen-bond acceptors (Lipinski definition) is 2. The number of nitrogens with one attached hydrogen (secondary N) is 1. The van der Waals surface area contributed by atoms with Gasteiger partial charge >= 0.3 is 0 Å². The van der Waals surface area contributed by atoms with Gasteiger partial charge < -0.3 is 10.1 Å². The number of fused-ring (bicyclic) bond motifs is 5. The van der Waals surface area contributed by atoms with E-state index in [-0.39, 0.29) is 0 Å². The molecule has 0 radical (unpaired) electrons. The minimum Gasteiger partial charge on any atom is -0.497 e. The number of benzene rings is 2. The van der Waals surface area contributed by atoms with E-state index in [1.54, 1.807) is 18.2 Å². The smallest absolute Gasteiger partial charge is 0.119 e. The Morgan fingerprint density at radius 1 is 1.00 bits per heavy atom. The van der Waals surface area contributed by atoms with Crippen molar-refractivity contribution in [3.8, 4) is 5.75 Å². The van der Waals surface area contributed by atoms with Crippen LogP contribution in [0.15, 0.2) is 48.5 Å². The van der Waals surface area contributed by atoms with Crippen molar-refractivity contribution in [2.24, 2.45) is 17.3 Å². The lowest BCUT2D eigenvalue weighted by molar-refractivity contribution is 0.0412. The summed E-state index contributed by atoms with van der Waals surface area (Å²) in [5, 5.41) is 4.02. The van der Waals surface area contributed by atoms with Gasteiger partial charge in [-0.1, -0.05) is 43.3 Å². The third-order valence-electron chi connectivity index (χ3n) is 9.06. The van der Waals surface area contributed by atoms with Crippen molar-refractivity contribution in [3.63, 3.8) is 0 Å². The molecule has 0 amide bonds. The molecule has 3 aliphatic carbocycles. The van der Waals surface area contributed by atoms with Crippen molar-refractivity contribution < 1.29 is 4.74 Å². The first-order chi connectivity index (χ1) is 15.2. The van der Waals surface area contributed by atoms with Gasteiger partial charge in [0.25, 0.3) is 0 Å². The zero-order valence-corrected chi connectivity index (χ0v) is 19.4. The highest BCUT2D eigenvalue weighted by atomic mass is 16.5. The second-order valence-corrected chi connectivity index (χ2v) is 10.6. The summed E-state index contributed by atoms with van der Waals surface area (Å²) in [6, 6.07) is 18.5. The van der Waals surface area contributed by atoms with E-state index in [1.165, 1.54) is 69.9 Å². The van der Waals surface area contributed by atoms with Crippen molar-refractivity contribution in [2.75, 3.05) is 13.7 Å². The Kier molecular flexibility index (Phi) is 6.10. The lowest BCUT2D eigenvalue weighted by atomic mass is 9.55. The molecular formula is C29H39NO. The van der Waals surface area contributed by atoms with Crippen molar-refractivity contribution in [1.29, 1.82) is 0 Å². The highest BCUT2D eigenvalue weighted by Gasteiger charge is 2.54. The van der Waals surface area contributed by atoms with Gasteiger partial charge in [0.15, 0.2) is 0 Å². The Morgan fingerprint density at radius 2 is 1.87 bits per heavy atom. The summed E-state index contributed by atoms with van der Waals surface area (Å²) in [5.41, 5.74) is 5.15. The summed E-state index contributed by atoms with van der Waals surface area (Å²) in [7, 11) is 1.78. The van der Waals surface area contributed by atoms with Crippen LogP contribution in [0.4, 0.5) is 0 Å². The first-order valence-corrected chi connectivity index (χ1v) is 12.6. The Morgan fingerprint density at radius 3 is 2.71 bits per heavy atom. The summed E-state index contributed by atoms with van der Waals surface area (Å²) < 4.78 is 5.49. The Balaban J connectivity index is 1.18. The molecule has 0 aliphatic heterocycles. The second-order valence-electron chi connectivity index (χ2n) is 10.6. The van der Waals surface area contributed by atoms with E-state index >= 15 is 0 Å². The minimum absolute atomic E-state index is 0.491. The van der Waals surface area contributed by atoms with Crippen molar-refractivity contribution >= 4 is 0 Å². The monoisotopic (exact) mass is 417 g/mol. The second kappa shape index (κ2) is 8.98. The normalized spacial score (nSPS) is 31.5. The fourth-order valence-corrected chi connectivity index (χ4v) is 7.40. The van der Waals surface area contributed by atoms with Crippen LogP contribution in [0.1, 0.15) is 74.5 Å². The molecule has 0 heterocycles. The summed E-state index contributed by atoms with van der Waals surface area (Å²) in [6.45, 7) is 3.79. The van der Waals surface area contributed by atoms with Crippen LogP contribution in [0.2, 0.25) is 0 Å². The standard InChI is InChI=1S/C29H39NO/c1-29-18-17-25-24-14-12-23(31-2)20-22(24)11-13-26(25)27(29)15-16-28(29)30-19-7-6-10-21-8-4-3-5-9-21/h3-5,8-9,12,14,20,25-28,30H,6-7,10-11,13,15-19H2,1-2H3/t25-,26-,27+,28+,29+/m1/s1. The van der Waals surface area contributed by atoms with Crippen LogP contribution in [-0.4, -0.2) is 19.7 Å². The van der Waals surface area contributed by atoms with E-state index in [0.29, 0.717) is 11.5 Å². The average Bonchev–Trinajstić information content (AvgIpc) is 3.15. The minimum atomic E-state index is 0.491. The van der Waals surface area contributed by atoms with Gasteiger partial charge in [-0.3, -0.25) is 0 Å². The van der Waals surface area contributed by atoms with Crippen molar-refractivity contribution in [3.05, 3.63) is 65.2 Å². The molecule has 2 nitrogen and oxygen atoms in total. The Bertz CT molecular complexity index is 878. The molecule has 5 rings (SSSR count). The van der Waals surface area contributed by atoms with Crippen molar-refractivity contribution in [1.82, 2.24) is 5.32 Å². The number of ether oxygens (including phenoxy) is 1. The van der Waals surface area contributed by atoms with Crippen LogP contribution in [-0.2, 0) is 12.8 Å². The number of aryl methyl sites for hydroxylation is 2. The molecule has 1 N–H and O–H groups in total. The molecule has 2 heteroatoms. The molecule has 5 atom stereocenters. The highest BCUT2D eigenvalue weighted by molar-refractivity contribution is 5.40. The van der Waals surface area contributed by atoms with Crippen LogP contribution in [0.3, 0.4) is 0 Å². The fraction of sp³-hybridized carbons (Fsp3) is 0.586.